The molecule has 0 atom stereocenters. The topological polar surface area (TPSA) is 0 Å². The highest BCUT2D eigenvalue weighted by molar-refractivity contribution is 6.21. The molecule has 0 heterocycles. The Kier molecular flexibility index (Phi) is 2.43. The molecule has 46 heavy (non-hydrogen) atoms. The van der Waals surface area contributed by atoms with Gasteiger partial charge in [0, 0.05) is 0 Å². The second kappa shape index (κ2) is 10.9. The maximum atomic E-state index is 9.53. The minimum Gasteiger partial charge on any atom is -0.0616 e. The summed E-state index contributed by atoms with van der Waals surface area (Å²) in [6.07, 6.45) is 0. The Bertz CT molecular complexity index is 4070. The zero-order chi connectivity index (χ0) is 55.7. The van der Waals surface area contributed by atoms with Gasteiger partial charge in [-0.1, -0.05) is 181 Å². The molecule has 9 aromatic rings. The molecule has 0 saturated carbocycles. The van der Waals surface area contributed by atoms with Gasteiger partial charge in [-0.25, -0.2) is 0 Å². The largest absolute Gasteiger partial charge is 0.0629 e. The van der Waals surface area contributed by atoms with E-state index in [-0.39, 0.29) is 5.39 Å². The fraction of sp³-hybridized carbons (Fsp3) is 0. The zero-order valence-electron chi connectivity index (χ0n) is 52.1. The predicted molar refractivity (Wildman–Crippen MR) is 198 cm³/mol. The zero-order valence-corrected chi connectivity index (χ0v) is 23.1. The van der Waals surface area contributed by atoms with Crippen LogP contribution in [0.3, 0.4) is 0 Å². The van der Waals surface area contributed by atoms with Crippen LogP contribution >= 0.6 is 0 Å². The Hall–Kier alpha value is -5.98. The molecule has 0 aliphatic rings. The van der Waals surface area contributed by atoms with Crippen LogP contribution in [0.5, 0.6) is 0 Å². The second-order valence-corrected chi connectivity index (χ2v) is 9.83. The molecular formula is C46H30. The van der Waals surface area contributed by atoms with E-state index in [9.17, 15) is 16.4 Å². The molecule has 0 fully saturated rings. The first-order chi connectivity index (χ1) is 34.9. The molecule has 0 saturated heterocycles. The molecule has 0 aliphatic carbocycles. The van der Waals surface area contributed by atoms with Crippen LogP contribution in [0.15, 0.2) is 181 Å². The van der Waals surface area contributed by atoms with Crippen LogP contribution in [-0.4, -0.2) is 0 Å². The lowest BCUT2D eigenvalue weighted by Gasteiger charge is -2.18. The first-order valence-electron chi connectivity index (χ1n) is 28.1. The van der Waals surface area contributed by atoms with Gasteiger partial charge in [0.05, 0.1) is 39.8 Å². The molecular weight excluding hydrogens is 553 g/mol. The Morgan fingerprint density at radius 2 is 0.609 bits per heavy atom. The van der Waals surface area contributed by atoms with E-state index >= 15 is 0 Å². The first-order valence-corrected chi connectivity index (χ1v) is 13.6. The van der Waals surface area contributed by atoms with Crippen molar-refractivity contribution in [3.05, 3.63) is 181 Å². The Balaban J connectivity index is 1.51. The molecule has 0 N–H and O–H groups in total. The minimum atomic E-state index is -1.11. The molecule has 0 amide bonds. The maximum absolute atomic E-state index is 9.53. The fourth-order valence-corrected chi connectivity index (χ4v) is 5.30. The van der Waals surface area contributed by atoms with Gasteiger partial charge in [0.15, 0.2) is 0 Å². The number of hydrogen-bond donors (Lipinski definition) is 0. The first kappa shape index (κ1) is 10.3. The van der Waals surface area contributed by atoms with Crippen molar-refractivity contribution in [3.63, 3.8) is 0 Å². The van der Waals surface area contributed by atoms with Gasteiger partial charge < -0.3 is 0 Å². The van der Waals surface area contributed by atoms with Gasteiger partial charge in [0.25, 0.3) is 0 Å². The van der Waals surface area contributed by atoms with Gasteiger partial charge in [-0.2, -0.15) is 0 Å². The van der Waals surface area contributed by atoms with E-state index in [0.29, 0.717) is 0 Å². The van der Waals surface area contributed by atoms with Crippen LogP contribution in [0.2, 0.25) is 0 Å². The highest BCUT2D eigenvalue weighted by Gasteiger charge is 2.17. The van der Waals surface area contributed by atoms with Gasteiger partial charge >= 0.3 is 0 Å². The highest BCUT2D eigenvalue weighted by Crippen LogP contribution is 2.44. The average Bonchev–Trinajstić information content (AvgIpc) is 3.38. The minimum absolute atomic E-state index is 0.312. The molecule has 0 unspecified atom stereocenters. The van der Waals surface area contributed by atoms with E-state index < -0.39 is 257 Å². The highest BCUT2D eigenvalue weighted by atomic mass is 14.2. The van der Waals surface area contributed by atoms with Crippen LogP contribution < -0.4 is 0 Å². The summed E-state index contributed by atoms with van der Waals surface area (Å²) in [6.45, 7) is 0. The molecule has 0 radical (unpaired) electrons. The summed E-state index contributed by atoms with van der Waals surface area (Å²) in [4.78, 5) is 0. The monoisotopic (exact) mass is 611 g/mol. The summed E-state index contributed by atoms with van der Waals surface area (Å²) >= 11 is 0. The lowest BCUT2D eigenvalue weighted by Crippen LogP contribution is -1.91. The van der Waals surface area contributed by atoms with Crippen molar-refractivity contribution >= 4 is 43.1 Å². The van der Waals surface area contributed by atoms with Crippen LogP contribution in [0.1, 0.15) is 39.8 Å². The smallest absolute Gasteiger partial charge is 0.0616 e. The normalized spacial score (nSPS) is 20.3. The third kappa shape index (κ3) is 4.30. The summed E-state index contributed by atoms with van der Waals surface area (Å²) in [6, 6.07) is -26.3. The third-order valence-corrected chi connectivity index (χ3v) is 7.32. The van der Waals surface area contributed by atoms with E-state index in [1.54, 1.807) is 0 Å². The standard InChI is InChI=1S/C46H30/c1-3-15-37-31(11-1)13-9-21-39(37)33-23-27-35(28-24-33)45-41-17-5-7-19-43(41)46(44-20-8-6-18-42(44)45)36-29-25-34(26-30-36)40-22-10-14-32-12-2-4-16-38(32)40/h1-30H/i1D,2D,3D,4D,5D,6D,7D,8D,9D,10D,11D,13D,14D,15D,16D,17D,18D,19D,20D,21D,22D,23D,24D,25D,26D,27D,28D,29D,30D. The summed E-state index contributed by atoms with van der Waals surface area (Å²) in [7, 11) is 0. The lowest BCUT2D eigenvalue weighted by atomic mass is 9.85. The molecule has 214 valence electrons. The quantitative estimate of drug-likeness (QED) is 0.174. The summed E-state index contributed by atoms with van der Waals surface area (Å²) in [5.41, 5.74) is -6.24. The molecule has 0 aliphatic heterocycles. The molecule has 0 spiro atoms. The molecule has 9 aromatic carbocycles. The van der Waals surface area contributed by atoms with E-state index in [1.807, 2.05) is 0 Å². The van der Waals surface area contributed by atoms with E-state index in [4.69, 9.17) is 23.3 Å². The SMILES string of the molecule is [2H]c1cc2c([2H])c([2H])c([2H])c(-c3c([2H])c([2H])c(-c4c5c([2H])c([2H])c([2H])c([2H])c5c(-c5c([2H])c([2H])c(-c6c([2H])c([2H])c([2H])c7c([2H])c([2H])c([2H])c([2H])c67)c([2H])c5[2H])c5c([2H])c([2H])c([2H])c([2H])c45)c([2H])c3[2H])c2c([2H])c1[2H]. The van der Waals surface area contributed by atoms with Gasteiger partial charge in [-0.05, 0) is 87.6 Å². The van der Waals surface area contributed by atoms with Crippen molar-refractivity contribution in [1.82, 2.24) is 0 Å². The average molecular weight is 612 g/mol. The maximum Gasteiger partial charge on any atom is 0.0629 e. The Morgan fingerprint density at radius 3 is 1.11 bits per heavy atom. The molecule has 0 nitrogen and oxygen atoms in total. The van der Waals surface area contributed by atoms with Crippen molar-refractivity contribution in [2.24, 2.45) is 0 Å². The van der Waals surface area contributed by atoms with Crippen molar-refractivity contribution < 1.29 is 39.8 Å². The van der Waals surface area contributed by atoms with Gasteiger partial charge in [-0.3, -0.25) is 0 Å². The number of hydrogen-bond acceptors (Lipinski definition) is 0. The van der Waals surface area contributed by atoms with Gasteiger partial charge in [0.2, 0.25) is 0 Å². The van der Waals surface area contributed by atoms with Crippen LogP contribution in [-0.2, 0) is 0 Å². The molecule has 0 bridgehead atoms. The molecule has 0 heteroatoms. The fourth-order valence-electron chi connectivity index (χ4n) is 5.30. The summed E-state index contributed by atoms with van der Waals surface area (Å²) in [5.74, 6) is 0. The second-order valence-electron chi connectivity index (χ2n) is 9.83. The molecule has 0 aromatic heterocycles. The molecule has 9 rings (SSSR count). The predicted octanol–water partition coefficient (Wildman–Crippen LogP) is 13.0. The van der Waals surface area contributed by atoms with Crippen LogP contribution in [0.4, 0.5) is 0 Å². The van der Waals surface area contributed by atoms with Gasteiger partial charge in [0.1, 0.15) is 0 Å². The lowest BCUT2D eigenvalue weighted by molar-refractivity contribution is 1.62. The van der Waals surface area contributed by atoms with Crippen molar-refractivity contribution in [3.8, 4) is 44.5 Å². The number of rotatable bonds is 4. The van der Waals surface area contributed by atoms with Crippen molar-refractivity contribution in [2.45, 2.75) is 0 Å². The third-order valence-electron chi connectivity index (χ3n) is 7.32. The summed E-state index contributed by atoms with van der Waals surface area (Å²) in [5, 5.41) is -5.09. The Labute approximate surface area is 309 Å². The van der Waals surface area contributed by atoms with Crippen molar-refractivity contribution in [2.75, 3.05) is 0 Å². The number of benzene rings is 9. The van der Waals surface area contributed by atoms with E-state index in [1.165, 1.54) is 0 Å². The van der Waals surface area contributed by atoms with E-state index in [2.05, 4.69) is 0 Å². The Morgan fingerprint density at radius 1 is 0.261 bits per heavy atom. The van der Waals surface area contributed by atoms with Crippen LogP contribution in [0.25, 0.3) is 87.6 Å². The number of fused-ring (bicyclic) bond motifs is 4. The van der Waals surface area contributed by atoms with Gasteiger partial charge in [-0.15, -0.1) is 0 Å². The van der Waals surface area contributed by atoms with E-state index in [0.717, 1.165) is 6.07 Å². The summed E-state index contributed by atoms with van der Waals surface area (Å²) < 4.78 is 260. The van der Waals surface area contributed by atoms with Crippen molar-refractivity contribution in [1.29, 1.82) is 0 Å². The van der Waals surface area contributed by atoms with Crippen LogP contribution in [0, 0.1) is 0 Å².